The van der Waals surface area contributed by atoms with E-state index in [0.717, 1.165) is 18.5 Å². The first kappa shape index (κ1) is 10.7. The van der Waals surface area contributed by atoms with Crippen LogP contribution < -0.4 is 0 Å². The van der Waals surface area contributed by atoms with E-state index < -0.39 is 0 Å². The molecule has 1 atom stereocenters. The van der Waals surface area contributed by atoms with E-state index in [4.69, 9.17) is 0 Å². The fourth-order valence-corrected chi connectivity index (χ4v) is 3.22. The molecule has 88 valence electrons. The largest absolute Gasteiger partial charge is 0.244 e. The Morgan fingerprint density at radius 3 is 2.88 bits per heavy atom. The van der Waals surface area contributed by atoms with Gasteiger partial charge in [0.1, 0.15) is 6.33 Å². The Labute approximate surface area is 102 Å². The molecule has 0 bridgehead atoms. The SMILES string of the molecule is C=C1C2=C(c3ncncc3CC2)C(C)(C)[C@@H]1C. The van der Waals surface area contributed by atoms with Crippen molar-refractivity contribution < 1.29 is 0 Å². The zero-order valence-electron chi connectivity index (χ0n) is 10.7. The summed E-state index contributed by atoms with van der Waals surface area (Å²) in [5, 5.41) is 0. The van der Waals surface area contributed by atoms with Gasteiger partial charge in [-0.15, -0.1) is 0 Å². The summed E-state index contributed by atoms with van der Waals surface area (Å²) in [5.41, 5.74) is 6.79. The highest BCUT2D eigenvalue weighted by atomic mass is 14.8. The molecule has 2 aliphatic rings. The van der Waals surface area contributed by atoms with Crippen LogP contribution in [-0.4, -0.2) is 9.97 Å². The molecule has 0 saturated heterocycles. The van der Waals surface area contributed by atoms with Crippen molar-refractivity contribution >= 4 is 5.57 Å². The smallest absolute Gasteiger partial charge is 0.116 e. The molecule has 2 nitrogen and oxygen atoms in total. The second-order valence-corrected chi connectivity index (χ2v) is 5.72. The van der Waals surface area contributed by atoms with Crippen LogP contribution in [0.4, 0.5) is 0 Å². The molecule has 0 aliphatic heterocycles. The van der Waals surface area contributed by atoms with Crippen molar-refractivity contribution in [2.45, 2.75) is 33.6 Å². The number of hydrogen-bond acceptors (Lipinski definition) is 2. The topological polar surface area (TPSA) is 25.8 Å². The van der Waals surface area contributed by atoms with Crippen molar-refractivity contribution in [3.63, 3.8) is 0 Å². The first-order chi connectivity index (χ1) is 8.03. The number of rotatable bonds is 0. The second-order valence-electron chi connectivity index (χ2n) is 5.72. The Morgan fingerprint density at radius 1 is 1.35 bits per heavy atom. The molecule has 1 aromatic heterocycles. The van der Waals surface area contributed by atoms with E-state index in [-0.39, 0.29) is 5.41 Å². The van der Waals surface area contributed by atoms with E-state index in [0.29, 0.717) is 5.92 Å². The molecule has 2 aliphatic carbocycles. The van der Waals surface area contributed by atoms with Crippen LogP contribution in [0.5, 0.6) is 0 Å². The predicted molar refractivity (Wildman–Crippen MR) is 69.4 cm³/mol. The summed E-state index contributed by atoms with van der Waals surface area (Å²) in [6.45, 7) is 11.2. The van der Waals surface area contributed by atoms with Crippen LogP contribution in [0.25, 0.3) is 5.57 Å². The van der Waals surface area contributed by atoms with Gasteiger partial charge in [-0.05, 0) is 46.5 Å². The standard InChI is InChI=1S/C15H18N2/c1-9-10(2)15(3,4)13-12(9)6-5-11-7-16-8-17-14(11)13/h7-8,10H,1,5-6H2,2-4H3/t10-/m1/s1. The molecule has 0 radical (unpaired) electrons. The highest BCUT2D eigenvalue weighted by molar-refractivity contribution is 5.81. The third-order valence-electron chi connectivity index (χ3n) is 4.61. The summed E-state index contributed by atoms with van der Waals surface area (Å²) >= 11 is 0. The summed E-state index contributed by atoms with van der Waals surface area (Å²) in [4.78, 5) is 8.66. The van der Waals surface area contributed by atoms with Crippen molar-refractivity contribution in [1.82, 2.24) is 9.97 Å². The number of aromatic nitrogens is 2. The quantitative estimate of drug-likeness (QED) is 0.677. The molecule has 0 saturated carbocycles. The first-order valence-electron chi connectivity index (χ1n) is 6.25. The molecular formula is C15H18N2. The highest BCUT2D eigenvalue weighted by Gasteiger charge is 2.44. The Bertz CT molecular complexity index is 538. The van der Waals surface area contributed by atoms with E-state index in [1.807, 2.05) is 6.20 Å². The van der Waals surface area contributed by atoms with Crippen LogP contribution in [0.2, 0.25) is 0 Å². The van der Waals surface area contributed by atoms with Crippen LogP contribution in [0, 0.1) is 11.3 Å². The van der Waals surface area contributed by atoms with Crippen molar-refractivity contribution in [2.24, 2.45) is 11.3 Å². The van der Waals surface area contributed by atoms with Gasteiger partial charge < -0.3 is 0 Å². The van der Waals surface area contributed by atoms with Gasteiger partial charge in [-0.1, -0.05) is 27.4 Å². The van der Waals surface area contributed by atoms with Crippen LogP contribution in [0.15, 0.2) is 30.2 Å². The molecule has 0 unspecified atom stereocenters. The van der Waals surface area contributed by atoms with Crippen LogP contribution in [0.1, 0.15) is 38.4 Å². The molecule has 17 heavy (non-hydrogen) atoms. The second kappa shape index (κ2) is 3.28. The highest BCUT2D eigenvalue weighted by Crippen LogP contribution is 2.56. The van der Waals surface area contributed by atoms with Crippen LogP contribution in [-0.2, 0) is 6.42 Å². The van der Waals surface area contributed by atoms with Crippen LogP contribution >= 0.6 is 0 Å². The number of hydrogen-bond donors (Lipinski definition) is 0. The number of aryl methyl sites for hydroxylation is 1. The maximum Gasteiger partial charge on any atom is 0.116 e. The molecule has 0 N–H and O–H groups in total. The molecule has 1 heterocycles. The summed E-state index contributed by atoms with van der Waals surface area (Å²) < 4.78 is 0. The Kier molecular flexibility index (Phi) is 2.07. The van der Waals surface area contributed by atoms with Crippen molar-refractivity contribution in [2.75, 3.05) is 0 Å². The van der Waals surface area contributed by atoms with Gasteiger partial charge in [0.2, 0.25) is 0 Å². The molecular weight excluding hydrogens is 208 g/mol. The van der Waals surface area contributed by atoms with Gasteiger partial charge in [-0.3, -0.25) is 0 Å². The molecule has 2 heteroatoms. The summed E-state index contributed by atoms with van der Waals surface area (Å²) in [5.74, 6) is 0.508. The zero-order chi connectivity index (χ0) is 12.2. The predicted octanol–water partition coefficient (Wildman–Crippen LogP) is 3.41. The van der Waals surface area contributed by atoms with Gasteiger partial charge in [0, 0.05) is 6.20 Å². The van der Waals surface area contributed by atoms with E-state index in [2.05, 4.69) is 37.3 Å². The lowest BCUT2D eigenvalue weighted by Crippen LogP contribution is -2.20. The molecule has 0 amide bonds. The molecule has 3 rings (SSSR count). The van der Waals surface area contributed by atoms with Crippen molar-refractivity contribution in [3.8, 4) is 0 Å². The lowest BCUT2D eigenvalue weighted by Gasteiger charge is -2.29. The fourth-order valence-electron chi connectivity index (χ4n) is 3.22. The Balaban J connectivity index is 2.27. The minimum absolute atomic E-state index is 0.149. The van der Waals surface area contributed by atoms with Gasteiger partial charge in [0.05, 0.1) is 5.69 Å². The monoisotopic (exact) mass is 226 g/mol. The zero-order valence-corrected chi connectivity index (χ0v) is 10.7. The van der Waals surface area contributed by atoms with Crippen molar-refractivity contribution in [3.05, 3.63) is 41.5 Å². The van der Waals surface area contributed by atoms with Gasteiger partial charge in [-0.25, -0.2) is 9.97 Å². The molecule has 0 fully saturated rings. The normalized spacial score (nSPS) is 25.8. The Hall–Kier alpha value is -1.44. The van der Waals surface area contributed by atoms with Gasteiger partial charge in [0.15, 0.2) is 0 Å². The van der Waals surface area contributed by atoms with Gasteiger partial charge in [0.25, 0.3) is 0 Å². The fraction of sp³-hybridized carbons (Fsp3) is 0.467. The average molecular weight is 226 g/mol. The third-order valence-corrected chi connectivity index (χ3v) is 4.61. The lowest BCUT2D eigenvalue weighted by molar-refractivity contribution is 0.390. The molecule has 0 aromatic carbocycles. The van der Waals surface area contributed by atoms with E-state index in [1.165, 1.54) is 22.3 Å². The molecule has 0 spiro atoms. The summed E-state index contributed by atoms with van der Waals surface area (Å²) in [6.07, 6.45) is 5.78. The Morgan fingerprint density at radius 2 is 2.12 bits per heavy atom. The maximum atomic E-state index is 4.52. The van der Waals surface area contributed by atoms with E-state index in [1.54, 1.807) is 6.33 Å². The first-order valence-corrected chi connectivity index (χ1v) is 6.25. The third kappa shape index (κ3) is 1.27. The maximum absolute atomic E-state index is 4.52. The summed E-state index contributed by atoms with van der Waals surface area (Å²) in [7, 11) is 0. The van der Waals surface area contributed by atoms with E-state index >= 15 is 0 Å². The minimum atomic E-state index is 0.149. The number of fused-ring (bicyclic) bond motifs is 2. The minimum Gasteiger partial charge on any atom is -0.244 e. The summed E-state index contributed by atoms with van der Waals surface area (Å²) in [6, 6.07) is 0. The number of allylic oxidation sites excluding steroid dienone is 3. The lowest BCUT2D eigenvalue weighted by atomic mass is 9.75. The van der Waals surface area contributed by atoms with Gasteiger partial charge in [-0.2, -0.15) is 0 Å². The molecule has 1 aromatic rings. The van der Waals surface area contributed by atoms with Crippen molar-refractivity contribution in [1.29, 1.82) is 0 Å². The van der Waals surface area contributed by atoms with E-state index in [9.17, 15) is 0 Å². The number of nitrogens with zero attached hydrogens (tertiary/aromatic N) is 2. The average Bonchev–Trinajstić information content (AvgIpc) is 2.51. The van der Waals surface area contributed by atoms with Gasteiger partial charge >= 0.3 is 0 Å². The van der Waals surface area contributed by atoms with Crippen LogP contribution in [0.3, 0.4) is 0 Å².